The second-order valence-corrected chi connectivity index (χ2v) is 11.9. The van der Waals surface area contributed by atoms with Crippen LogP contribution in [0.4, 0.5) is 0 Å². The highest BCUT2D eigenvalue weighted by Crippen LogP contribution is 2.33. The van der Waals surface area contributed by atoms with Crippen LogP contribution in [0.2, 0.25) is 0 Å². The lowest BCUT2D eigenvalue weighted by Gasteiger charge is -2.20. The Morgan fingerprint density at radius 2 is 1.78 bits per heavy atom. The molecule has 2 aromatic carbocycles. The molecule has 5 rings (SSSR count). The van der Waals surface area contributed by atoms with Gasteiger partial charge in [-0.25, -0.2) is 4.79 Å². The fourth-order valence-electron chi connectivity index (χ4n) is 4.77. The molecule has 1 fully saturated rings. The first kappa shape index (κ1) is 24.6. The first-order valence-corrected chi connectivity index (χ1v) is 13.3. The second-order valence-electron chi connectivity index (χ2n) is 10.8. The number of nitrogens with one attached hydrogen (secondary N) is 1. The third-order valence-electron chi connectivity index (χ3n) is 6.61. The highest BCUT2D eigenvalue weighted by Gasteiger charge is 2.24. The van der Waals surface area contributed by atoms with Gasteiger partial charge in [-0.1, -0.05) is 75.0 Å². The van der Waals surface area contributed by atoms with Crippen molar-refractivity contribution >= 4 is 22.8 Å². The molecule has 7 nitrogen and oxygen atoms in total. The maximum absolute atomic E-state index is 13.4. The van der Waals surface area contributed by atoms with E-state index in [9.17, 15) is 9.59 Å². The van der Waals surface area contributed by atoms with Gasteiger partial charge in [0, 0.05) is 25.0 Å². The summed E-state index contributed by atoms with van der Waals surface area (Å²) >= 11 is 1.51. The number of hydrogen-bond donors (Lipinski definition) is 1. The van der Waals surface area contributed by atoms with Crippen molar-refractivity contribution in [3.05, 3.63) is 86.6 Å². The van der Waals surface area contributed by atoms with Crippen LogP contribution in [0.5, 0.6) is 0 Å². The molecule has 1 aliphatic rings. The summed E-state index contributed by atoms with van der Waals surface area (Å²) in [5.74, 6) is 0.561. The summed E-state index contributed by atoms with van der Waals surface area (Å²) in [4.78, 5) is 27.6. The van der Waals surface area contributed by atoms with Crippen LogP contribution in [0, 0.1) is 5.41 Å². The largest absolute Gasteiger partial charge is 0.332 e. The molecule has 0 bridgehead atoms. The van der Waals surface area contributed by atoms with Crippen LogP contribution in [0.3, 0.4) is 0 Å². The zero-order valence-corrected chi connectivity index (χ0v) is 22.1. The van der Waals surface area contributed by atoms with E-state index in [0.717, 1.165) is 35.0 Å². The van der Waals surface area contributed by atoms with E-state index in [4.69, 9.17) is 5.10 Å². The SMILES string of the molecule is Cn1c(=O)c2c(Sc3ccccc3)n(Cc3ccc(C4CCNC4)cc3)nc2n(CC(C)(C)C)c1=O. The Kier molecular flexibility index (Phi) is 6.66. The molecular weight excluding hydrogens is 470 g/mol. The number of nitrogens with zero attached hydrogens (tertiary/aromatic N) is 4. The summed E-state index contributed by atoms with van der Waals surface area (Å²) in [7, 11) is 1.55. The van der Waals surface area contributed by atoms with Crippen LogP contribution in [-0.4, -0.2) is 32.0 Å². The summed E-state index contributed by atoms with van der Waals surface area (Å²) in [5, 5.41) is 9.56. The monoisotopic (exact) mass is 503 g/mol. The molecule has 0 spiro atoms. The van der Waals surface area contributed by atoms with Gasteiger partial charge < -0.3 is 5.32 Å². The van der Waals surface area contributed by atoms with Gasteiger partial charge in [-0.3, -0.25) is 18.6 Å². The fourth-order valence-corrected chi connectivity index (χ4v) is 5.78. The molecular formula is C28H33N5O2S. The molecule has 3 heterocycles. The fraction of sp³-hybridized carbons (Fsp3) is 0.393. The van der Waals surface area contributed by atoms with Gasteiger partial charge in [-0.05, 0) is 47.6 Å². The molecule has 1 saturated heterocycles. The summed E-state index contributed by atoms with van der Waals surface area (Å²) in [6, 6.07) is 18.7. The molecule has 0 amide bonds. The van der Waals surface area contributed by atoms with Crippen molar-refractivity contribution in [2.24, 2.45) is 12.5 Å². The third kappa shape index (κ3) is 4.92. The molecule has 1 atom stereocenters. The van der Waals surface area contributed by atoms with E-state index in [-0.39, 0.29) is 16.7 Å². The number of benzene rings is 2. The average molecular weight is 504 g/mol. The third-order valence-corrected chi connectivity index (χ3v) is 7.73. The van der Waals surface area contributed by atoms with Crippen LogP contribution in [0.25, 0.3) is 11.0 Å². The summed E-state index contributed by atoms with van der Waals surface area (Å²) in [6.07, 6.45) is 1.16. The van der Waals surface area contributed by atoms with Gasteiger partial charge in [0.1, 0.15) is 10.4 Å². The lowest BCUT2D eigenvalue weighted by Crippen LogP contribution is -2.40. The van der Waals surface area contributed by atoms with Gasteiger partial charge in [-0.15, -0.1) is 0 Å². The molecule has 0 aliphatic carbocycles. The summed E-state index contributed by atoms with van der Waals surface area (Å²) < 4.78 is 4.74. The first-order valence-electron chi connectivity index (χ1n) is 12.4. The predicted octanol–water partition coefficient (Wildman–Crippen LogP) is 4.22. The zero-order valence-electron chi connectivity index (χ0n) is 21.3. The van der Waals surface area contributed by atoms with Crippen molar-refractivity contribution in [1.82, 2.24) is 24.2 Å². The molecule has 1 N–H and O–H groups in total. The van der Waals surface area contributed by atoms with Crippen molar-refractivity contribution in [3.63, 3.8) is 0 Å². The van der Waals surface area contributed by atoms with E-state index in [2.05, 4.69) is 50.4 Å². The van der Waals surface area contributed by atoms with Crippen molar-refractivity contribution in [1.29, 1.82) is 0 Å². The zero-order chi connectivity index (χ0) is 25.4. The van der Waals surface area contributed by atoms with E-state index in [1.807, 2.05) is 35.0 Å². The van der Waals surface area contributed by atoms with Crippen molar-refractivity contribution in [2.45, 2.75) is 56.1 Å². The molecule has 0 saturated carbocycles. The maximum atomic E-state index is 13.4. The Bertz CT molecular complexity index is 1490. The normalized spacial score (nSPS) is 16.2. The minimum absolute atomic E-state index is 0.157. The van der Waals surface area contributed by atoms with Gasteiger partial charge in [-0.2, -0.15) is 5.10 Å². The Hall–Kier alpha value is -3.10. The van der Waals surface area contributed by atoms with Crippen LogP contribution in [-0.2, 0) is 20.1 Å². The predicted molar refractivity (Wildman–Crippen MR) is 145 cm³/mol. The Morgan fingerprint density at radius 1 is 1.06 bits per heavy atom. The lowest BCUT2D eigenvalue weighted by atomic mass is 9.97. The van der Waals surface area contributed by atoms with Gasteiger partial charge in [0.05, 0.1) is 6.54 Å². The smallest absolute Gasteiger partial charge is 0.316 e. The second kappa shape index (κ2) is 9.75. The molecule has 4 aromatic rings. The van der Waals surface area contributed by atoms with E-state index in [0.29, 0.717) is 30.0 Å². The number of rotatable bonds is 6. The van der Waals surface area contributed by atoms with E-state index in [1.165, 1.54) is 21.9 Å². The average Bonchev–Trinajstić information content (AvgIpc) is 3.50. The van der Waals surface area contributed by atoms with Crippen molar-refractivity contribution in [2.75, 3.05) is 13.1 Å². The number of fused-ring (bicyclic) bond motifs is 1. The minimum atomic E-state index is -0.335. The molecule has 2 aromatic heterocycles. The van der Waals surface area contributed by atoms with Gasteiger partial charge in [0.25, 0.3) is 5.56 Å². The van der Waals surface area contributed by atoms with E-state index in [1.54, 1.807) is 11.6 Å². The van der Waals surface area contributed by atoms with Crippen molar-refractivity contribution in [3.8, 4) is 0 Å². The highest BCUT2D eigenvalue weighted by molar-refractivity contribution is 7.99. The topological polar surface area (TPSA) is 73.8 Å². The highest BCUT2D eigenvalue weighted by atomic mass is 32.2. The molecule has 8 heteroatoms. The Morgan fingerprint density at radius 3 is 2.42 bits per heavy atom. The molecule has 1 aliphatic heterocycles. The van der Waals surface area contributed by atoms with Gasteiger partial charge in [0.2, 0.25) is 0 Å². The van der Waals surface area contributed by atoms with Crippen LogP contribution < -0.4 is 16.6 Å². The molecule has 36 heavy (non-hydrogen) atoms. The molecule has 1 unspecified atom stereocenters. The molecule has 0 radical (unpaired) electrons. The van der Waals surface area contributed by atoms with Crippen LogP contribution >= 0.6 is 11.8 Å². The lowest BCUT2D eigenvalue weighted by molar-refractivity contribution is 0.337. The Labute approximate surface area is 215 Å². The standard InChI is InChI=1S/C28H33N5O2S/c1-28(2,3)18-32-24-23(25(34)31(4)27(32)35)26(36-22-8-6-5-7-9-22)33(30-24)17-19-10-12-20(13-11-19)21-14-15-29-16-21/h5-13,21,29H,14-18H2,1-4H3. The van der Waals surface area contributed by atoms with Crippen molar-refractivity contribution < 1.29 is 0 Å². The quantitative estimate of drug-likeness (QED) is 0.427. The van der Waals surface area contributed by atoms with Crippen LogP contribution in [0.15, 0.2) is 74.1 Å². The van der Waals surface area contributed by atoms with Gasteiger partial charge >= 0.3 is 5.69 Å². The summed E-state index contributed by atoms with van der Waals surface area (Å²) in [5.41, 5.74) is 2.10. The first-order chi connectivity index (χ1) is 17.2. The van der Waals surface area contributed by atoms with E-state index < -0.39 is 0 Å². The Balaban J connectivity index is 1.64. The van der Waals surface area contributed by atoms with E-state index >= 15 is 0 Å². The number of aromatic nitrogens is 4. The van der Waals surface area contributed by atoms with Gasteiger partial charge in [0.15, 0.2) is 5.65 Å². The maximum Gasteiger partial charge on any atom is 0.332 e. The van der Waals surface area contributed by atoms with Crippen LogP contribution in [0.1, 0.15) is 44.2 Å². The summed E-state index contributed by atoms with van der Waals surface area (Å²) in [6.45, 7) is 9.30. The molecule has 188 valence electrons. The minimum Gasteiger partial charge on any atom is -0.316 e. The number of hydrogen-bond acceptors (Lipinski definition) is 5.